The smallest absolute Gasteiger partial charge is 0.477 e. The van der Waals surface area contributed by atoms with Crippen LogP contribution in [0.25, 0.3) is 0 Å². The summed E-state index contributed by atoms with van der Waals surface area (Å²) >= 11 is 6.37. The second-order valence-corrected chi connectivity index (χ2v) is 13.0. The molecule has 1 saturated heterocycles. The standard InChI is InChI=1S/C29H32ClFN2O8S/c1-2-41-26(34)22-11-6-7-12-25(22)42(39,40)32(24-14-13-21(31)17-23(24)30)19-33(28(37)38)16-8-15-29(33,27(35)36)18-20-9-4-3-5-10-20/h3-5,9-11,13-14,17,25H,2,6-8,12,15-16,18-19H2,1H3,(H-,35,36,37,38)/p+1/t25?,29-,33?/m0/s1. The summed E-state index contributed by atoms with van der Waals surface area (Å²) in [5.41, 5.74) is -1.70. The van der Waals surface area contributed by atoms with E-state index in [0.29, 0.717) is 18.4 Å². The number of quaternary nitrogens is 1. The lowest BCUT2D eigenvalue weighted by Gasteiger charge is -2.44. The highest BCUT2D eigenvalue weighted by Crippen LogP contribution is 2.44. The van der Waals surface area contributed by atoms with E-state index in [1.165, 1.54) is 6.08 Å². The lowest BCUT2D eigenvalue weighted by Crippen LogP contribution is -2.71. The van der Waals surface area contributed by atoms with E-state index < -0.39 is 55.8 Å². The van der Waals surface area contributed by atoms with Crippen molar-refractivity contribution in [2.75, 3.05) is 24.1 Å². The summed E-state index contributed by atoms with van der Waals surface area (Å²) in [5.74, 6) is -2.96. The van der Waals surface area contributed by atoms with E-state index in [4.69, 9.17) is 16.3 Å². The van der Waals surface area contributed by atoms with Crippen LogP contribution in [0.4, 0.5) is 14.9 Å². The van der Waals surface area contributed by atoms with Crippen LogP contribution >= 0.6 is 11.6 Å². The van der Waals surface area contributed by atoms with E-state index in [0.717, 1.165) is 22.5 Å². The lowest BCUT2D eigenvalue weighted by atomic mass is 9.86. The molecule has 2 N–H and O–H groups in total. The molecule has 4 rings (SSSR count). The Labute approximate surface area is 248 Å². The van der Waals surface area contributed by atoms with Gasteiger partial charge in [-0.05, 0) is 49.9 Å². The molecule has 0 spiro atoms. The van der Waals surface area contributed by atoms with Gasteiger partial charge in [0.1, 0.15) is 11.1 Å². The van der Waals surface area contributed by atoms with E-state index in [9.17, 15) is 37.4 Å². The zero-order valence-electron chi connectivity index (χ0n) is 23.0. The molecular formula is C29H33ClFN2O8S+. The van der Waals surface area contributed by atoms with Crippen LogP contribution in [0.2, 0.25) is 5.02 Å². The van der Waals surface area contributed by atoms with Crippen molar-refractivity contribution in [1.29, 1.82) is 0 Å². The quantitative estimate of drug-likeness (QED) is 0.279. The summed E-state index contributed by atoms with van der Waals surface area (Å²) in [7, 11) is -4.65. The Morgan fingerprint density at radius 3 is 2.48 bits per heavy atom. The van der Waals surface area contributed by atoms with Gasteiger partial charge in [-0.15, -0.1) is 0 Å². The Morgan fingerprint density at radius 1 is 1.14 bits per heavy atom. The molecule has 0 aromatic heterocycles. The normalized spacial score (nSPS) is 24.1. The van der Waals surface area contributed by atoms with Gasteiger partial charge in [0.05, 0.1) is 29.4 Å². The van der Waals surface area contributed by atoms with Crippen LogP contribution in [-0.4, -0.2) is 71.8 Å². The monoisotopic (exact) mass is 623 g/mol. The molecule has 2 aromatic rings. The topological polar surface area (TPSA) is 138 Å². The number of likely N-dealkylation sites (tertiary alicyclic amines) is 1. The molecule has 2 aromatic carbocycles. The Kier molecular flexibility index (Phi) is 9.29. The van der Waals surface area contributed by atoms with Gasteiger partial charge >= 0.3 is 18.0 Å². The van der Waals surface area contributed by atoms with Gasteiger partial charge in [0.15, 0.2) is 6.67 Å². The average molecular weight is 624 g/mol. The summed E-state index contributed by atoms with van der Waals surface area (Å²) in [5, 5.41) is 19.6. The van der Waals surface area contributed by atoms with Gasteiger partial charge in [0, 0.05) is 19.3 Å². The van der Waals surface area contributed by atoms with Gasteiger partial charge in [-0.1, -0.05) is 48.0 Å². The van der Waals surface area contributed by atoms with E-state index in [1.807, 2.05) is 0 Å². The van der Waals surface area contributed by atoms with Crippen LogP contribution in [0.1, 0.15) is 44.6 Å². The van der Waals surface area contributed by atoms with Crippen molar-refractivity contribution in [2.24, 2.45) is 0 Å². The van der Waals surface area contributed by atoms with Gasteiger partial charge in [0.2, 0.25) is 15.6 Å². The Morgan fingerprint density at radius 2 is 1.86 bits per heavy atom. The van der Waals surface area contributed by atoms with Crippen molar-refractivity contribution in [3.8, 4) is 0 Å². The molecule has 1 aliphatic heterocycles. The van der Waals surface area contributed by atoms with Gasteiger partial charge in [0.25, 0.3) is 0 Å². The maximum atomic E-state index is 14.5. The van der Waals surface area contributed by atoms with E-state index in [1.54, 1.807) is 37.3 Å². The third-order valence-corrected chi connectivity index (χ3v) is 10.6. The number of hydrogen-bond acceptors (Lipinski definition) is 6. The number of benzene rings is 2. The number of sulfonamides is 1. The highest BCUT2D eigenvalue weighted by molar-refractivity contribution is 7.93. The summed E-state index contributed by atoms with van der Waals surface area (Å²) in [4.78, 5) is 39.1. The zero-order valence-corrected chi connectivity index (χ0v) is 24.6. The van der Waals surface area contributed by atoms with Crippen molar-refractivity contribution in [3.63, 3.8) is 0 Å². The van der Waals surface area contributed by atoms with Crippen LogP contribution in [0.5, 0.6) is 0 Å². The number of amides is 1. The maximum Gasteiger partial charge on any atom is 0.516 e. The van der Waals surface area contributed by atoms with Crippen LogP contribution in [0.3, 0.4) is 0 Å². The number of carbonyl (C=O) groups excluding carboxylic acids is 1. The van der Waals surface area contributed by atoms with Crippen LogP contribution in [0, 0.1) is 5.82 Å². The first-order valence-electron chi connectivity index (χ1n) is 13.6. The Hall–Kier alpha value is -3.48. The third-order valence-electron chi connectivity index (χ3n) is 8.16. The first-order valence-corrected chi connectivity index (χ1v) is 15.5. The molecule has 1 fully saturated rings. The fourth-order valence-electron chi connectivity index (χ4n) is 6.09. The highest BCUT2D eigenvalue weighted by atomic mass is 35.5. The second kappa shape index (κ2) is 12.4. The molecule has 226 valence electrons. The average Bonchev–Trinajstić information content (AvgIpc) is 3.33. The van der Waals surface area contributed by atoms with Gasteiger partial charge in [-0.3, -0.25) is 0 Å². The Balaban J connectivity index is 1.91. The molecule has 2 aliphatic rings. The van der Waals surface area contributed by atoms with Crippen LogP contribution in [0.15, 0.2) is 60.2 Å². The molecule has 1 heterocycles. The van der Waals surface area contributed by atoms with Crippen LogP contribution in [-0.2, 0) is 30.8 Å². The number of aliphatic carboxylic acids is 1. The number of ether oxygens (including phenoxy) is 1. The number of carboxylic acid groups (broad SMARTS) is 2. The number of halogens is 2. The Bertz CT molecular complexity index is 1500. The predicted octanol–water partition coefficient (Wildman–Crippen LogP) is 4.97. The number of esters is 1. The summed E-state index contributed by atoms with van der Waals surface area (Å²) in [6, 6.07) is 11.5. The minimum absolute atomic E-state index is 0.01000. The molecule has 0 saturated carbocycles. The number of anilines is 1. The van der Waals surface area contributed by atoms with Crippen molar-refractivity contribution in [2.45, 2.75) is 56.2 Å². The maximum absolute atomic E-state index is 14.5. The molecule has 0 bridgehead atoms. The molecule has 10 nitrogen and oxygen atoms in total. The number of carboxylic acids is 1. The minimum atomic E-state index is -4.65. The first-order chi connectivity index (χ1) is 19.9. The second-order valence-electron chi connectivity index (χ2n) is 10.5. The highest BCUT2D eigenvalue weighted by Gasteiger charge is 2.66. The van der Waals surface area contributed by atoms with E-state index in [2.05, 4.69) is 0 Å². The summed E-state index contributed by atoms with van der Waals surface area (Å²) in [6.45, 7) is 0.553. The minimum Gasteiger partial charge on any atom is -0.477 e. The molecule has 2 unspecified atom stereocenters. The number of rotatable bonds is 10. The largest absolute Gasteiger partial charge is 0.516 e. The number of hydrogen-bond donors (Lipinski definition) is 2. The third kappa shape index (κ3) is 5.62. The van der Waals surface area contributed by atoms with Crippen molar-refractivity contribution in [3.05, 3.63) is 76.6 Å². The number of allylic oxidation sites excluding steroid dienone is 1. The van der Waals surface area contributed by atoms with Gasteiger partial charge in [-0.25, -0.2) is 26.7 Å². The van der Waals surface area contributed by atoms with Gasteiger partial charge in [-0.2, -0.15) is 9.28 Å². The molecular weight excluding hydrogens is 591 g/mol. The molecule has 1 amide bonds. The van der Waals surface area contributed by atoms with E-state index in [-0.39, 0.29) is 55.1 Å². The molecule has 3 atom stereocenters. The van der Waals surface area contributed by atoms with Crippen molar-refractivity contribution >= 4 is 45.3 Å². The molecule has 42 heavy (non-hydrogen) atoms. The summed E-state index contributed by atoms with van der Waals surface area (Å²) in [6.07, 6.45) is 0.813. The fraction of sp³-hybridized carbons (Fsp3) is 0.414. The number of carbonyl (C=O) groups is 3. The van der Waals surface area contributed by atoms with Crippen molar-refractivity contribution < 1.29 is 46.6 Å². The van der Waals surface area contributed by atoms with Gasteiger partial charge < -0.3 is 14.9 Å². The molecule has 13 heteroatoms. The fourth-order valence-corrected chi connectivity index (χ4v) is 8.49. The zero-order chi connectivity index (χ0) is 30.7. The predicted molar refractivity (Wildman–Crippen MR) is 153 cm³/mol. The molecule has 0 radical (unpaired) electrons. The molecule has 1 aliphatic carbocycles. The first kappa shape index (κ1) is 31.5. The number of nitrogens with zero attached hydrogens (tertiary/aromatic N) is 2. The SMILES string of the molecule is CCOC(=O)C1=CCCCC1S(=O)(=O)N(C[N+]1(C(=O)O)CCC[C@]1(Cc1ccccc1)C(=O)O)c1ccc(F)cc1Cl. The van der Waals surface area contributed by atoms with Crippen LogP contribution < -0.4 is 4.31 Å². The van der Waals surface area contributed by atoms with Crippen molar-refractivity contribution in [1.82, 2.24) is 0 Å². The van der Waals surface area contributed by atoms with E-state index >= 15 is 0 Å². The lowest BCUT2D eigenvalue weighted by molar-refractivity contribution is -0.885. The summed E-state index contributed by atoms with van der Waals surface area (Å²) < 4.78 is 47.8.